The lowest BCUT2D eigenvalue weighted by Gasteiger charge is -2.17. The monoisotopic (exact) mass is 420 g/mol. The smallest absolute Gasteiger partial charge is 0.228 e. The maximum Gasteiger partial charge on any atom is 0.228 e. The van der Waals surface area contributed by atoms with Gasteiger partial charge in [-0.1, -0.05) is 18.2 Å². The fourth-order valence-electron chi connectivity index (χ4n) is 3.39. The fourth-order valence-corrected chi connectivity index (χ4v) is 4.17. The molecule has 0 saturated heterocycles. The highest BCUT2D eigenvalue weighted by atomic mass is 32.1. The first kappa shape index (κ1) is 20.1. The molecule has 0 fully saturated rings. The van der Waals surface area contributed by atoms with E-state index in [9.17, 15) is 4.79 Å². The normalized spacial score (nSPS) is 11.1. The van der Waals surface area contributed by atoms with E-state index in [2.05, 4.69) is 10.1 Å². The minimum absolute atomic E-state index is 0.0220. The average molecular weight is 421 g/mol. The van der Waals surface area contributed by atoms with Crippen LogP contribution < -0.4 is 0 Å². The van der Waals surface area contributed by atoms with Crippen molar-refractivity contribution < 1.29 is 9.21 Å². The molecule has 154 valence electrons. The van der Waals surface area contributed by atoms with Gasteiger partial charge in [-0.3, -0.25) is 4.79 Å². The number of aryl methyl sites for hydroxylation is 2. The summed E-state index contributed by atoms with van der Waals surface area (Å²) in [5.41, 5.74) is 4.82. The molecule has 6 nitrogen and oxygen atoms in total. The number of hydrogen-bond donors (Lipinski definition) is 0. The van der Waals surface area contributed by atoms with Gasteiger partial charge >= 0.3 is 0 Å². The van der Waals surface area contributed by atoms with Gasteiger partial charge in [0, 0.05) is 30.2 Å². The van der Waals surface area contributed by atoms with E-state index >= 15 is 0 Å². The van der Waals surface area contributed by atoms with Gasteiger partial charge in [0.15, 0.2) is 10.8 Å². The maximum atomic E-state index is 12.8. The summed E-state index contributed by atoms with van der Waals surface area (Å²) in [6.07, 6.45) is 0.262. The quantitative estimate of drug-likeness (QED) is 0.453. The summed E-state index contributed by atoms with van der Waals surface area (Å²) < 4.78 is 7.55. The van der Waals surface area contributed by atoms with Crippen molar-refractivity contribution in [3.63, 3.8) is 0 Å². The van der Waals surface area contributed by atoms with Crippen LogP contribution in [0.25, 0.3) is 16.5 Å². The minimum atomic E-state index is 0.0220. The first-order chi connectivity index (χ1) is 14.4. The van der Waals surface area contributed by atoms with Crippen LogP contribution in [0.15, 0.2) is 52.3 Å². The molecular weight excluding hydrogens is 396 g/mol. The molecule has 0 aliphatic heterocycles. The molecule has 0 radical (unpaired) electrons. The zero-order chi connectivity index (χ0) is 21.3. The van der Waals surface area contributed by atoms with E-state index in [0.717, 1.165) is 44.9 Å². The van der Waals surface area contributed by atoms with Crippen molar-refractivity contribution in [1.82, 2.24) is 19.7 Å². The van der Waals surface area contributed by atoms with Crippen LogP contribution in [0.1, 0.15) is 28.4 Å². The van der Waals surface area contributed by atoms with Crippen molar-refractivity contribution in [2.45, 2.75) is 33.7 Å². The van der Waals surface area contributed by atoms with Gasteiger partial charge in [-0.05, 0) is 45.0 Å². The van der Waals surface area contributed by atoms with Gasteiger partial charge in [0.1, 0.15) is 5.76 Å². The van der Waals surface area contributed by atoms with E-state index in [4.69, 9.17) is 4.42 Å². The molecule has 0 spiro atoms. The van der Waals surface area contributed by atoms with Crippen LogP contribution in [-0.2, 0) is 17.8 Å². The number of rotatable bonds is 6. The van der Waals surface area contributed by atoms with Crippen molar-refractivity contribution in [2.24, 2.45) is 0 Å². The third kappa shape index (κ3) is 4.07. The third-order valence-electron chi connectivity index (χ3n) is 5.10. The summed E-state index contributed by atoms with van der Waals surface area (Å²) in [5, 5.41) is 7.39. The second-order valence-corrected chi connectivity index (χ2v) is 8.24. The molecule has 1 amide bonds. The topological polar surface area (TPSA) is 64.2 Å². The van der Waals surface area contributed by atoms with E-state index in [1.54, 1.807) is 4.90 Å². The Labute approximate surface area is 179 Å². The maximum absolute atomic E-state index is 12.8. The summed E-state index contributed by atoms with van der Waals surface area (Å²) in [7, 11) is 1.82. The minimum Gasteiger partial charge on any atom is -0.459 e. The number of carbonyl (C=O) groups excluding carboxylic acids is 1. The summed E-state index contributed by atoms with van der Waals surface area (Å²) in [6.45, 7) is 6.44. The predicted molar refractivity (Wildman–Crippen MR) is 118 cm³/mol. The number of benzene rings is 1. The van der Waals surface area contributed by atoms with E-state index in [-0.39, 0.29) is 12.3 Å². The van der Waals surface area contributed by atoms with Gasteiger partial charge in [0.05, 0.1) is 23.5 Å². The predicted octanol–water partition coefficient (Wildman–Crippen LogP) is 4.72. The number of aromatic nitrogens is 3. The van der Waals surface area contributed by atoms with Gasteiger partial charge in [-0.15, -0.1) is 11.3 Å². The Morgan fingerprint density at radius 3 is 2.60 bits per heavy atom. The van der Waals surface area contributed by atoms with Crippen molar-refractivity contribution >= 4 is 17.2 Å². The molecule has 3 heterocycles. The Balaban J connectivity index is 1.45. The molecule has 30 heavy (non-hydrogen) atoms. The number of hydrogen-bond acceptors (Lipinski definition) is 5. The van der Waals surface area contributed by atoms with Crippen LogP contribution in [0.2, 0.25) is 0 Å². The van der Waals surface area contributed by atoms with Crippen LogP contribution in [-0.4, -0.2) is 32.6 Å². The Kier molecular flexibility index (Phi) is 5.55. The lowest BCUT2D eigenvalue weighted by Crippen LogP contribution is -2.28. The van der Waals surface area contributed by atoms with E-state index < -0.39 is 0 Å². The lowest BCUT2D eigenvalue weighted by molar-refractivity contribution is -0.129. The molecule has 0 bridgehead atoms. The molecule has 0 unspecified atom stereocenters. The molecule has 3 aromatic heterocycles. The van der Waals surface area contributed by atoms with E-state index in [1.807, 2.05) is 80.3 Å². The van der Waals surface area contributed by atoms with Crippen molar-refractivity contribution in [3.05, 3.63) is 76.3 Å². The van der Waals surface area contributed by atoms with Gasteiger partial charge in [-0.2, -0.15) is 5.10 Å². The fraction of sp³-hybridized carbons (Fsp3) is 0.261. The number of carbonyl (C=O) groups is 1. The number of thiazole rings is 1. The SMILES string of the molecule is Cc1ccc(-c2nc(CC(=O)N(C)Cc3c(C)nn(-c4ccccc4)c3C)cs2)o1. The molecular formula is C23H24N4O2S. The summed E-state index contributed by atoms with van der Waals surface area (Å²) in [6, 6.07) is 13.8. The van der Waals surface area contributed by atoms with E-state index in [1.165, 1.54) is 11.3 Å². The van der Waals surface area contributed by atoms with Crippen molar-refractivity contribution in [1.29, 1.82) is 0 Å². The highest BCUT2D eigenvalue weighted by Gasteiger charge is 2.19. The highest BCUT2D eigenvalue weighted by molar-refractivity contribution is 7.13. The van der Waals surface area contributed by atoms with Gasteiger partial charge < -0.3 is 9.32 Å². The van der Waals surface area contributed by atoms with Crippen molar-refractivity contribution in [2.75, 3.05) is 7.05 Å². The van der Waals surface area contributed by atoms with Crippen LogP contribution in [0.3, 0.4) is 0 Å². The van der Waals surface area contributed by atoms with E-state index in [0.29, 0.717) is 6.54 Å². The second-order valence-electron chi connectivity index (χ2n) is 7.38. The van der Waals surface area contributed by atoms with Gasteiger partial charge in [0.2, 0.25) is 5.91 Å². The molecule has 0 aliphatic carbocycles. The first-order valence-corrected chi connectivity index (χ1v) is 10.7. The molecule has 1 aromatic carbocycles. The zero-order valence-corrected chi connectivity index (χ0v) is 18.4. The number of likely N-dealkylation sites (N-methyl/N-ethyl adjacent to an activating group) is 1. The molecule has 4 rings (SSSR count). The van der Waals surface area contributed by atoms with Gasteiger partial charge in [-0.25, -0.2) is 9.67 Å². The Bertz CT molecular complexity index is 1170. The first-order valence-electron chi connectivity index (χ1n) is 9.78. The largest absolute Gasteiger partial charge is 0.459 e. The summed E-state index contributed by atoms with van der Waals surface area (Å²) in [5.74, 6) is 1.61. The average Bonchev–Trinajstić information content (AvgIpc) is 3.44. The van der Waals surface area contributed by atoms with Crippen LogP contribution in [0, 0.1) is 20.8 Å². The molecule has 4 aromatic rings. The molecule has 0 atom stereocenters. The summed E-state index contributed by atoms with van der Waals surface area (Å²) >= 11 is 1.49. The van der Waals surface area contributed by atoms with Gasteiger partial charge in [0.25, 0.3) is 0 Å². The van der Waals surface area contributed by atoms with Crippen LogP contribution in [0.5, 0.6) is 0 Å². The lowest BCUT2D eigenvalue weighted by atomic mass is 10.1. The third-order valence-corrected chi connectivity index (χ3v) is 6.00. The molecule has 0 N–H and O–H groups in total. The standard InChI is InChI=1S/C23H24N4O2S/c1-15-10-11-21(29-15)23-24-18(14-30-23)12-22(28)26(4)13-20-16(2)25-27(17(20)3)19-8-6-5-7-9-19/h5-11,14H,12-13H2,1-4H3. The Morgan fingerprint density at radius 1 is 1.13 bits per heavy atom. The molecule has 0 saturated carbocycles. The number of nitrogens with zero attached hydrogens (tertiary/aromatic N) is 4. The van der Waals surface area contributed by atoms with Crippen LogP contribution in [0.4, 0.5) is 0 Å². The number of para-hydroxylation sites is 1. The highest BCUT2D eigenvalue weighted by Crippen LogP contribution is 2.26. The van der Waals surface area contributed by atoms with Crippen molar-refractivity contribution in [3.8, 4) is 16.5 Å². The Hall–Kier alpha value is -3.19. The van der Waals surface area contributed by atoms with Crippen LogP contribution >= 0.6 is 11.3 Å². The summed E-state index contributed by atoms with van der Waals surface area (Å²) in [4.78, 5) is 19.1. The second kappa shape index (κ2) is 8.28. The zero-order valence-electron chi connectivity index (χ0n) is 17.5. The number of furan rings is 1. The number of amides is 1. The molecule has 0 aliphatic rings. The Morgan fingerprint density at radius 2 is 1.90 bits per heavy atom. The molecule has 7 heteroatoms.